The van der Waals surface area contributed by atoms with Crippen molar-refractivity contribution in [3.63, 3.8) is 0 Å². The van der Waals surface area contributed by atoms with E-state index in [-0.39, 0.29) is 11.4 Å². The lowest BCUT2D eigenvalue weighted by atomic mass is 9.83. The lowest BCUT2D eigenvalue weighted by molar-refractivity contribution is -0.121. The molecule has 0 saturated carbocycles. The van der Waals surface area contributed by atoms with Crippen LogP contribution in [0.25, 0.3) is 11.1 Å². The van der Waals surface area contributed by atoms with Gasteiger partial charge in [0.05, 0.1) is 42.2 Å². The van der Waals surface area contributed by atoms with E-state index >= 15 is 0 Å². The molecule has 0 aliphatic carbocycles. The van der Waals surface area contributed by atoms with Crippen LogP contribution >= 0.6 is 0 Å². The highest BCUT2D eigenvalue weighted by atomic mass is 16.5. The first-order valence-electron chi connectivity index (χ1n) is 10.8. The summed E-state index contributed by atoms with van der Waals surface area (Å²) >= 11 is 0. The zero-order valence-corrected chi connectivity index (χ0v) is 18.4. The van der Waals surface area contributed by atoms with E-state index in [9.17, 15) is 4.79 Å². The number of ether oxygens (including phenoxy) is 1. The molecule has 1 aromatic carbocycles. The second kappa shape index (κ2) is 6.56. The highest BCUT2D eigenvalue weighted by Gasteiger charge is 2.52. The van der Waals surface area contributed by atoms with Crippen molar-refractivity contribution < 1.29 is 9.53 Å². The highest BCUT2D eigenvalue weighted by molar-refractivity contribution is 6.12. The summed E-state index contributed by atoms with van der Waals surface area (Å²) in [6, 6.07) is 6.07. The van der Waals surface area contributed by atoms with Gasteiger partial charge in [-0.25, -0.2) is 15.0 Å². The Morgan fingerprint density at radius 2 is 1.75 bits per heavy atom. The lowest BCUT2D eigenvalue weighted by Gasteiger charge is -2.58. The van der Waals surface area contributed by atoms with Crippen molar-refractivity contribution in [1.82, 2.24) is 19.9 Å². The first-order chi connectivity index (χ1) is 15.4. The highest BCUT2D eigenvalue weighted by Crippen LogP contribution is 2.47. The minimum Gasteiger partial charge on any atom is -0.376 e. The Morgan fingerprint density at radius 3 is 2.41 bits per heavy atom. The van der Waals surface area contributed by atoms with Crippen LogP contribution in [0.15, 0.2) is 43.0 Å². The molecule has 5 heterocycles. The maximum Gasteiger partial charge on any atom is 0.242 e. The molecule has 2 aromatic heterocycles. The van der Waals surface area contributed by atoms with Crippen molar-refractivity contribution in [2.45, 2.75) is 38.1 Å². The van der Waals surface area contributed by atoms with Crippen LogP contribution in [0.5, 0.6) is 0 Å². The second-order valence-corrected chi connectivity index (χ2v) is 9.37. The Bertz CT molecular complexity index is 1230. The van der Waals surface area contributed by atoms with Gasteiger partial charge in [-0.3, -0.25) is 14.7 Å². The maximum atomic E-state index is 13.5. The van der Waals surface area contributed by atoms with Crippen molar-refractivity contribution in [3.05, 3.63) is 54.4 Å². The Balaban J connectivity index is 1.43. The van der Waals surface area contributed by atoms with E-state index < -0.39 is 5.41 Å². The van der Waals surface area contributed by atoms with E-state index in [1.165, 1.54) is 0 Å². The van der Waals surface area contributed by atoms with Crippen LogP contribution in [-0.2, 0) is 14.9 Å². The van der Waals surface area contributed by atoms with Crippen molar-refractivity contribution in [3.8, 4) is 11.1 Å². The summed E-state index contributed by atoms with van der Waals surface area (Å²) in [6.45, 7) is 8.14. The topological polar surface area (TPSA) is 84.3 Å². The predicted octanol–water partition coefficient (Wildman–Crippen LogP) is 3.18. The van der Waals surface area contributed by atoms with Gasteiger partial charge in [0.25, 0.3) is 0 Å². The van der Waals surface area contributed by atoms with Crippen LogP contribution in [0, 0.1) is 6.92 Å². The Morgan fingerprint density at radius 1 is 1.00 bits per heavy atom. The van der Waals surface area contributed by atoms with Crippen LogP contribution in [0.2, 0.25) is 0 Å². The summed E-state index contributed by atoms with van der Waals surface area (Å²) in [4.78, 5) is 35.4. The first kappa shape index (κ1) is 19.3. The molecule has 8 nitrogen and oxygen atoms in total. The van der Waals surface area contributed by atoms with Crippen LogP contribution < -0.4 is 9.80 Å². The molecule has 3 aliphatic rings. The average Bonchev–Trinajstić information content (AvgIpc) is 2.92. The average molecular weight is 428 g/mol. The third kappa shape index (κ3) is 2.62. The molecule has 6 rings (SSSR count). The number of carbonyl (C=O) groups is 1. The monoisotopic (exact) mass is 428 g/mol. The molecule has 0 atom stereocenters. The SMILES string of the molecule is Cc1ncc(-c2ccc3c(c2)N(c2cncc(N4CCC45COC5)n2)C(=O)C3(C)C)cn1. The molecule has 8 heteroatoms. The van der Waals surface area contributed by atoms with E-state index in [2.05, 4.69) is 19.9 Å². The van der Waals surface area contributed by atoms with E-state index in [0.29, 0.717) is 5.82 Å². The maximum absolute atomic E-state index is 13.5. The van der Waals surface area contributed by atoms with E-state index in [0.717, 1.165) is 60.2 Å². The molecule has 1 amide bonds. The molecule has 3 aromatic rings. The number of rotatable bonds is 3. The first-order valence-corrected chi connectivity index (χ1v) is 10.8. The number of aromatic nitrogens is 4. The molecule has 0 bridgehead atoms. The van der Waals surface area contributed by atoms with Gasteiger partial charge in [0.1, 0.15) is 11.6 Å². The fraction of sp³-hybridized carbons (Fsp3) is 0.375. The molecule has 32 heavy (non-hydrogen) atoms. The molecule has 0 radical (unpaired) electrons. The third-order valence-corrected chi connectivity index (χ3v) is 6.99. The van der Waals surface area contributed by atoms with E-state index in [1.54, 1.807) is 29.7 Å². The minimum atomic E-state index is -0.658. The summed E-state index contributed by atoms with van der Waals surface area (Å²) in [5, 5.41) is 0. The molecule has 0 N–H and O–H groups in total. The summed E-state index contributed by atoms with van der Waals surface area (Å²) in [6.07, 6.45) is 8.15. The largest absolute Gasteiger partial charge is 0.376 e. The van der Waals surface area contributed by atoms with Crippen LogP contribution in [0.4, 0.5) is 17.3 Å². The van der Waals surface area contributed by atoms with E-state index in [4.69, 9.17) is 9.72 Å². The molecule has 2 fully saturated rings. The van der Waals surface area contributed by atoms with Gasteiger partial charge in [-0.05, 0) is 44.4 Å². The van der Waals surface area contributed by atoms with Gasteiger partial charge < -0.3 is 9.64 Å². The third-order valence-electron chi connectivity index (χ3n) is 6.99. The predicted molar refractivity (Wildman–Crippen MR) is 120 cm³/mol. The summed E-state index contributed by atoms with van der Waals surface area (Å²) in [5.74, 6) is 2.04. The van der Waals surface area contributed by atoms with Crippen molar-refractivity contribution >= 4 is 23.2 Å². The normalized spacial score (nSPS) is 20.2. The van der Waals surface area contributed by atoms with Gasteiger partial charge in [-0.1, -0.05) is 12.1 Å². The summed E-state index contributed by atoms with van der Waals surface area (Å²) in [7, 11) is 0. The summed E-state index contributed by atoms with van der Waals surface area (Å²) in [5.41, 5.74) is 3.06. The standard InChI is InChI=1S/C24H24N6O2/c1-15-26-9-17(10-27-15)16-4-5-18-19(8-16)30(22(31)23(18,2)3)21-12-25-11-20(28-21)29-7-6-24(29)13-32-14-24/h4-5,8-12H,6-7,13-14H2,1-3H3. The number of amides is 1. The Labute approximate surface area is 186 Å². The number of fused-ring (bicyclic) bond motifs is 1. The summed E-state index contributed by atoms with van der Waals surface area (Å²) < 4.78 is 5.45. The fourth-order valence-corrected chi connectivity index (χ4v) is 4.82. The fourth-order valence-electron chi connectivity index (χ4n) is 4.82. The molecule has 2 saturated heterocycles. The Kier molecular flexibility index (Phi) is 3.96. The Hall–Kier alpha value is -3.39. The van der Waals surface area contributed by atoms with Crippen molar-refractivity contribution in [2.75, 3.05) is 29.6 Å². The van der Waals surface area contributed by atoms with Crippen molar-refractivity contribution in [1.29, 1.82) is 0 Å². The second-order valence-electron chi connectivity index (χ2n) is 9.37. The number of hydrogen-bond acceptors (Lipinski definition) is 7. The molecule has 162 valence electrons. The van der Waals surface area contributed by atoms with Gasteiger partial charge in [-0.15, -0.1) is 0 Å². The quantitative estimate of drug-likeness (QED) is 0.633. The molecule has 3 aliphatic heterocycles. The van der Waals surface area contributed by atoms with Gasteiger partial charge in [-0.2, -0.15) is 0 Å². The van der Waals surface area contributed by atoms with Crippen LogP contribution in [0.3, 0.4) is 0 Å². The minimum absolute atomic E-state index is 0.0124. The van der Waals surface area contributed by atoms with Gasteiger partial charge >= 0.3 is 0 Å². The molecular formula is C24H24N6O2. The zero-order chi connectivity index (χ0) is 22.1. The van der Waals surface area contributed by atoms with Crippen LogP contribution in [0.1, 0.15) is 31.7 Å². The van der Waals surface area contributed by atoms with Crippen LogP contribution in [-0.4, -0.2) is 51.1 Å². The van der Waals surface area contributed by atoms with E-state index in [1.807, 2.05) is 39.0 Å². The van der Waals surface area contributed by atoms with Gasteiger partial charge in [0.2, 0.25) is 5.91 Å². The number of hydrogen-bond donors (Lipinski definition) is 0. The van der Waals surface area contributed by atoms with Crippen molar-refractivity contribution in [2.24, 2.45) is 0 Å². The van der Waals surface area contributed by atoms with Gasteiger partial charge in [0.15, 0.2) is 5.82 Å². The molecule has 1 spiro atoms. The van der Waals surface area contributed by atoms with Gasteiger partial charge in [0, 0.05) is 24.5 Å². The number of benzene rings is 1. The number of anilines is 3. The number of aryl methyl sites for hydroxylation is 1. The number of carbonyl (C=O) groups excluding carboxylic acids is 1. The number of nitrogens with zero attached hydrogens (tertiary/aromatic N) is 6. The smallest absolute Gasteiger partial charge is 0.242 e. The molecular weight excluding hydrogens is 404 g/mol. The lowest BCUT2D eigenvalue weighted by Crippen LogP contribution is -2.71. The molecule has 0 unspecified atom stereocenters. The zero-order valence-electron chi connectivity index (χ0n) is 18.4.